The second-order valence-electron chi connectivity index (χ2n) is 4.86. The predicted molar refractivity (Wildman–Crippen MR) is 81.5 cm³/mol. The van der Waals surface area contributed by atoms with Crippen LogP contribution in [-0.2, 0) is 6.42 Å². The van der Waals surface area contributed by atoms with E-state index in [0.717, 1.165) is 23.3 Å². The Kier molecular flexibility index (Phi) is 3.83. The smallest absolute Gasteiger partial charge is 0.122 e. The van der Waals surface area contributed by atoms with Crippen molar-refractivity contribution < 1.29 is 4.74 Å². The van der Waals surface area contributed by atoms with Gasteiger partial charge in [-0.15, -0.1) is 0 Å². The molecule has 0 aliphatic carbocycles. The van der Waals surface area contributed by atoms with E-state index in [1.54, 1.807) is 13.3 Å². The molecule has 0 radical (unpaired) electrons. The van der Waals surface area contributed by atoms with Crippen LogP contribution in [0.3, 0.4) is 0 Å². The number of aromatic nitrogens is 3. The molecule has 5 nitrogen and oxygen atoms in total. The van der Waals surface area contributed by atoms with Crippen LogP contribution >= 0.6 is 0 Å². The highest BCUT2D eigenvalue weighted by atomic mass is 16.5. The van der Waals surface area contributed by atoms with Crippen molar-refractivity contribution >= 4 is 5.52 Å². The van der Waals surface area contributed by atoms with Gasteiger partial charge in [0, 0.05) is 24.0 Å². The number of fused-ring (bicyclic) bond motifs is 1. The third kappa shape index (κ3) is 2.60. The number of hydrogen-bond donors (Lipinski definition) is 1. The van der Waals surface area contributed by atoms with Crippen LogP contribution in [0.25, 0.3) is 5.52 Å². The van der Waals surface area contributed by atoms with Crippen LogP contribution in [0.4, 0.5) is 0 Å². The van der Waals surface area contributed by atoms with E-state index in [1.807, 2.05) is 48.4 Å². The Morgan fingerprint density at radius 2 is 2.14 bits per heavy atom. The lowest BCUT2D eigenvalue weighted by Crippen LogP contribution is -2.19. The van der Waals surface area contributed by atoms with E-state index in [9.17, 15) is 0 Å². The number of nitrogens with zero attached hydrogens (tertiary/aromatic N) is 3. The molecule has 0 saturated heterocycles. The zero-order valence-electron chi connectivity index (χ0n) is 12.2. The number of likely N-dealkylation sites (N-methyl/N-ethyl adjacent to an activating group) is 1. The average Bonchev–Trinajstić information content (AvgIpc) is 2.97. The third-order valence-corrected chi connectivity index (χ3v) is 3.70. The third-order valence-electron chi connectivity index (χ3n) is 3.70. The first-order valence-electron chi connectivity index (χ1n) is 6.90. The van der Waals surface area contributed by atoms with Crippen molar-refractivity contribution in [3.05, 3.63) is 60.2 Å². The Balaban J connectivity index is 1.95. The molecule has 1 atom stereocenters. The molecular formula is C16H18N4O. The summed E-state index contributed by atoms with van der Waals surface area (Å²) in [4.78, 5) is 4.19. The molecule has 0 spiro atoms. The van der Waals surface area contributed by atoms with Crippen molar-refractivity contribution in [3.63, 3.8) is 0 Å². The normalized spacial score (nSPS) is 12.5. The Labute approximate surface area is 123 Å². The van der Waals surface area contributed by atoms with Crippen LogP contribution in [-0.4, -0.2) is 28.8 Å². The summed E-state index contributed by atoms with van der Waals surface area (Å²) in [6, 6.07) is 8.24. The highest BCUT2D eigenvalue weighted by Crippen LogP contribution is 2.26. The van der Waals surface area contributed by atoms with E-state index in [4.69, 9.17) is 4.74 Å². The van der Waals surface area contributed by atoms with Gasteiger partial charge in [0.2, 0.25) is 0 Å². The Hall–Kier alpha value is -2.40. The molecule has 0 aliphatic rings. The average molecular weight is 282 g/mol. The van der Waals surface area contributed by atoms with Gasteiger partial charge in [-0.05, 0) is 25.1 Å². The predicted octanol–water partition coefficient (Wildman–Crippen LogP) is 2.24. The molecule has 108 valence electrons. The molecule has 0 bridgehead atoms. The van der Waals surface area contributed by atoms with Gasteiger partial charge < -0.3 is 10.1 Å². The fraction of sp³-hybridized carbons (Fsp3) is 0.250. The number of rotatable bonds is 5. The molecule has 3 rings (SSSR count). The molecule has 1 unspecified atom stereocenters. The minimum Gasteiger partial charge on any atom is -0.496 e. The Bertz CT molecular complexity index is 738. The topological polar surface area (TPSA) is 51.5 Å². The minimum absolute atomic E-state index is 0.156. The molecule has 2 heterocycles. The number of para-hydroxylation sites is 1. The molecule has 21 heavy (non-hydrogen) atoms. The summed E-state index contributed by atoms with van der Waals surface area (Å²) >= 11 is 0. The number of ether oxygens (including phenoxy) is 1. The first kappa shape index (κ1) is 13.6. The lowest BCUT2D eigenvalue weighted by Gasteiger charge is -2.17. The first-order valence-corrected chi connectivity index (χ1v) is 6.90. The highest BCUT2D eigenvalue weighted by Gasteiger charge is 2.17. The van der Waals surface area contributed by atoms with Crippen LogP contribution in [0.1, 0.15) is 17.2 Å². The van der Waals surface area contributed by atoms with E-state index < -0.39 is 0 Å². The van der Waals surface area contributed by atoms with Crippen molar-refractivity contribution in [2.75, 3.05) is 14.2 Å². The number of nitrogens with one attached hydrogen (secondary N) is 1. The van der Waals surface area contributed by atoms with Crippen molar-refractivity contribution in [2.45, 2.75) is 12.5 Å². The van der Waals surface area contributed by atoms with E-state index >= 15 is 0 Å². The van der Waals surface area contributed by atoms with E-state index in [-0.39, 0.29) is 6.04 Å². The standard InChI is InChI=1S/C16H18N4O/c1-17-14(9-12-5-3-4-6-16(12)21-2)13-10-19-20-8-7-18-11-15(13)20/h3-8,10-11,14,17H,9H2,1-2H3. The Morgan fingerprint density at radius 1 is 1.29 bits per heavy atom. The molecule has 3 aromatic rings. The van der Waals surface area contributed by atoms with Gasteiger partial charge >= 0.3 is 0 Å². The molecule has 0 saturated carbocycles. The molecule has 0 aliphatic heterocycles. The molecule has 1 aromatic carbocycles. The van der Waals surface area contributed by atoms with Gasteiger partial charge in [0.15, 0.2) is 0 Å². The summed E-state index contributed by atoms with van der Waals surface area (Å²) in [5, 5.41) is 7.74. The molecular weight excluding hydrogens is 264 g/mol. The minimum atomic E-state index is 0.156. The summed E-state index contributed by atoms with van der Waals surface area (Å²) in [5.74, 6) is 0.910. The Morgan fingerprint density at radius 3 is 2.95 bits per heavy atom. The van der Waals surface area contributed by atoms with Crippen molar-refractivity contribution in [1.29, 1.82) is 0 Å². The summed E-state index contributed by atoms with van der Waals surface area (Å²) in [5.41, 5.74) is 3.32. The molecule has 0 amide bonds. The molecule has 2 aromatic heterocycles. The lowest BCUT2D eigenvalue weighted by atomic mass is 9.99. The lowest BCUT2D eigenvalue weighted by molar-refractivity contribution is 0.406. The van der Waals surface area contributed by atoms with Crippen molar-refractivity contribution in [2.24, 2.45) is 0 Å². The number of benzene rings is 1. The zero-order chi connectivity index (χ0) is 14.7. The maximum absolute atomic E-state index is 5.43. The van der Waals surface area contributed by atoms with Gasteiger partial charge in [-0.1, -0.05) is 18.2 Å². The zero-order valence-corrected chi connectivity index (χ0v) is 12.2. The quantitative estimate of drug-likeness (QED) is 0.780. The molecule has 5 heteroatoms. The van der Waals surface area contributed by atoms with Gasteiger partial charge in [-0.3, -0.25) is 4.98 Å². The number of methoxy groups -OCH3 is 1. The van der Waals surface area contributed by atoms with Crippen LogP contribution in [0, 0.1) is 0 Å². The van der Waals surface area contributed by atoms with Crippen LogP contribution in [0.2, 0.25) is 0 Å². The second kappa shape index (κ2) is 5.93. The highest BCUT2D eigenvalue weighted by molar-refractivity contribution is 5.53. The second-order valence-corrected chi connectivity index (χ2v) is 4.86. The maximum atomic E-state index is 5.43. The van der Waals surface area contributed by atoms with E-state index in [2.05, 4.69) is 21.5 Å². The molecule has 1 N–H and O–H groups in total. The summed E-state index contributed by atoms with van der Waals surface area (Å²) in [6.45, 7) is 0. The maximum Gasteiger partial charge on any atom is 0.122 e. The largest absolute Gasteiger partial charge is 0.496 e. The van der Waals surface area contributed by atoms with E-state index in [0.29, 0.717) is 0 Å². The van der Waals surface area contributed by atoms with Gasteiger partial charge in [0.25, 0.3) is 0 Å². The van der Waals surface area contributed by atoms with Crippen molar-refractivity contribution in [3.8, 4) is 5.75 Å². The summed E-state index contributed by atoms with van der Waals surface area (Å²) in [7, 11) is 3.66. The van der Waals surface area contributed by atoms with Gasteiger partial charge in [0.05, 0.1) is 25.0 Å². The fourth-order valence-electron chi connectivity index (χ4n) is 2.58. The SMILES string of the molecule is CNC(Cc1ccccc1OC)c1cnn2ccncc12. The van der Waals surface area contributed by atoms with Crippen LogP contribution in [0.15, 0.2) is 49.1 Å². The summed E-state index contributed by atoms with van der Waals surface area (Å²) in [6.07, 6.45) is 8.16. The monoisotopic (exact) mass is 282 g/mol. The van der Waals surface area contributed by atoms with Gasteiger partial charge in [-0.2, -0.15) is 5.10 Å². The van der Waals surface area contributed by atoms with Gasteiger partial charge in [0.1, 0.15) is 5.75 Å². The number of hydrogen-bond acceptors (Lipinski definition) is 4. The van der Waals surface area contributed by atoms with Crippen molar-refractivity contribution in [1.82, 2.24) is 19.9 Å². The van der Waals surface area contributed by atoms with Crippen LogP contribution < -0.4 is 10.1 Å². The fourth-order valence-corrected chi connectivity index (χ4v) is 2.58. The summed E-state index contributed by atoms with van der Waals surface area (Å²) < 4.78 is 7.28. The van der Waals surface area contributed by atoms with Crippen LogP contribution in [0.5, 0.6) is 5.75 Å². The van der Waals surface area contributed by atoms with E-state index in [1.165, 1.54) is 5.56 Å². The molecule has 0 fully saturated rings. The van der Waals surface area contributed by atoms with Gasteiger partial charge in [-0.25, -0.2) is 4.52 Å². The first-order chi connectivity index (χ1) is 10.3.